The number of benzene rings is 2. The highest BCUT2D eigenvalue weighted by Gasteiger charge is 2.29. The topological polar surface area (TPSA) is 58.2 Å². The van der Waals surface area contributed by atoms with Gasteiger partial charge in [0.25, 0.3) is 0 Å². The van der Waals surface area contributed by atoms with Crippen LogP contribution >= 0.6 is 0 Å². The molecule has 2 aromatic rings. The number of amides is 2. The van der Waals surface area contributed by atoms with Crippen molar-refractivity contribution in [1.29, 1.82) is 0 Å². The largest absolute Gasteiger partial charge is 0.349 e. The Hall–Kier alpha value is -2.69. The second-order valence-corrected chi connectivity index (χ2v) is 7.79. The van der Waals surface area contributed by atoms with Crippen LogP contribution in [0.2, 0.25) is 0 Å². The van der Waals surface area contributed by atoms with Crippen molar-refractivity contribution in [2.75, 3.05) is 0 Å². The third-order valence-corrected chi connectivity index (χ3v) is 4.32. The Morgan fingerprint density at radius 1 is 0.963 bits per heavy atom. The van der Waals surface area contributed by atoms with Gasteiger partial charge in [0.1, 0.15) is 5.82 Å². The fourth-order valence-corrected chi connectivity index (χ4v) is 3.07. The molecule has 2 amide bonds. The van der Waals surface area contributed by atoms with Crippen molar-refractivity contribution in [3.63, 3.8) is 0 Å². The fourth-order valence-electron chi connectivity index (χ4n) is 3.07. The summed E-state index contributed by atoms with van der Waals surface area (Å²) in [5, 5.41) is 5.85. The van der Waals surface area contributed by atoms with Crippen LogP contribution in [0, 0.1) is 11.2 Å². The summed E-state index contributed by atoms with van der Waals surface area (Å²) >= 11 is 0. The first-order valence-electron chi connectivity index (χ1n) is 9.03. The van der Waals surface area contributed by atoms with Crippen LogP contribution in [0.5, 0.6) is 0 Å². The maximum absolute atomic E-state index is 13.7. The van der Waals surface area contributed by atoms with Crippen molar-refractivity contribution in [1.82, 2.24) is 10.6 Å². The summed E-state index contributed by atoms with van der Waals surface area (Å²) in [4.78, 5) is 24.3. The minimum atomic E-state index is -0.420. The van der Waals surface area contributed by atoms with Crippen LogP contribution in [-0.2, 0) is 9.59 Å². The van der Waals surface area contributed by atoms with Gasteiger partial charge in [-0.15, -0.1) is 0 Å². The number of halogens is 1. The van der Waals surface area contributed by atoms with Gasteiger partial charge < -0.3 is 10.6 Å². The smallest absolute Gasteiger partial charge is 0.222 e. The summed E-state index contributed by atoms with van der Waals surface area (Å²) in [5.41, 5.74) is 1.27. The van der Waals surface area contributed by atoms with E-state index in [9.17, 15) is 14.0 Å². The summed E-state index contributed by atoms with van der Waals surface area (Å²) in [5.74, 6) is -0.743. The molecule has 0 heterocycles. The number of hydrogen-bond donors (Lipinski definition) is 2. The first-order valence-corrected chi connectivity index (χ1v) is 9.03. The molecule has 0 aliphatic heterocycles. The standard InChI is InChI=1S/C22H27FN2O2/c1-15(26)24-19(16-9-6-5-7-10-16)14-20(27)25-21(22(2,3)4)17-11-8-12-18(23)13-17/h5-13,19,21H,14H2,1-4H3,(H,24,26)(H,25,27)/t19-,21-/m0/s1. The molecule has 27 heavy (non-hydrogen) atoms. The number of nitrogens with one attached hydrogen (secondary N) is 2. The maximum atomic E-state index is 13.7. The van der Waals surface area contributed by atoms with Crippen molar-refractivity contribution in [3.8, 4) is 0 Å². The number of rotatable bonds is 6. The van der Waals surface area contributed by atoms with Gasteiger partial charge in [0, 0.05) is 6.92 Å². The lowest BCUT2D eigenvalue weighted by atomic mass is 9.82. The van der Waals surface area contributed by atoms with E-state index in [2.05, 4.69) is 10.6 Å². The second-order valence-electron chi connectivity index (χ2n) is 7.79. The van der Waals surface area contributed by atoms with Gasteiger partial charge in [-0.25, -0.2) is 4.39 Å². The maximum Gasteiger partial charge on any atom is 0.222 e. The lowest BCUT2D eigenvalue weighted by Gasteiger charge is -2.32. The molecule has 0 unspecified atom stereocenters. The van der Waals surface area contributed by atoms with Crippen LogP contribution in [-0.4, -0.2) is 11.8 Å². The van der Waals surface area contributed by atoms with E-state index in [0.717, 1.165) is 5.56 Å². The van der Waals surface area contributed by atoms with E-state index in [0.29, 0.717) is 5.56 Å². The average Bonchev–Trinajstić information content (AvgIpc) is 2.58. The molecule has 2 atom stereocenters. The van der Waals surface area contributed by atoms with Gasteiger partial charge >= 0.3 is 0 Å². The molecule has 0 aliphatic rings. The molecule has 0 spiro atoms. The van der Waals surface area contributed by atoms with Gasteiger partial charge in [-0.05, 0) is 28.7 Å². The Morgan fingerprint density at radius 2 is 1.59 bits per heavy atom. The van der Waals surface area contributed by atoms with Crippen molar-refractivity contribution in [3.05, 3.63) is 71.5 Å². The third-order valence-electron chi connectivity index (χ3n) is 4.32. The summed E-state index contributed by atoms with van der Waals surface area (Å²) in [6.07, 6.45) is 0.103. The minimum absolute atomic E-state index is 0.103. The van der Waals surface area contributed by atoms with Gasteiger partial charge in [0.05, 0.1) is 18.5 Å². The van der Waals surface area contributed by atoms with Crippen molar-refractivity contribution < 1.29 is 14.0 Å². The molecule has 0 saturated carbocycles. The predicted molar refractivity (Wildman–Crippen MR) is 104 cm³/mol. The molecule has 144 valence electrons. The first kappa shape index (κ1) is 20.6. The molecule has 0 radical (unpaired) electrons. The van der Waals surface area contributed by atoms with Crippen molar-refractivity contribution >= 4 is 11.8 Å². The fraction of sp³-hybridized carbons (Fsp3) is 0.364. The van der Waals surface area contributed by atoms with E-state index < -0.39 is 6.04 Å². The zero-order valence-corrected chi connectivity index (χ0v) is 16.3. The first-order chi connectivity index (χ1) is 12.7. The second kappa shape index (κ2) is 8.80. The number of carbonyl (C=O) groups excluding carboxylic acids is 2. The van der Waals surface area contributed by atoms with Crippen molar-refractivity contribution in [2.24, 2.45) is 5.41 Å². The normalized spacial score (nSPS) is 13.5. The SMILES string of the molecule is CC(=O)N[C@@H](CC(=O)N[C@@H](c1cccc(F)c1)C(C)(C)C)c1ccccc1. The lowest BCUT2D eigenvalue weighted by molar-refractivity contribution is -0.124. The van der Waals surface area contributed by atoms with Crippen LogP contribution in [0.4, 0.5) is 4.39 Å². The monoisotopic (exact) mass is 370 g/mol. The quantitative estimate of drug-likeness (QED) is 0.797. The zero-order chi connectivity index (χ0) is 20.0. The Morgan fingerprint density at radius 3 is 2.15 bits per heavy atom. The van der Waals surface area contributed by atoms with Crippen LogP contribution < -0.4 is 10.6 Å². The van der Waals surface area contributed by atoms with Crippen LogP contribution in [0.1, 0.15) is 57.3 Å². The highest BCUT2D eigenvalue weighted by Crippen LogP contribution is 2.33. The van der Waals surface area contributed by atoms with Gasteiger partial charge in [0.15, 0.2) is 0 Å². The average molecular weight is 370 g/mol. The van der Waals surface area contributed by atoms with Crippen LogP contribution in [0.25, 0.3) is 0 Å². The molecule has 0 aromatic heterocycles. The molecule has 2 aromatic carbocycles. The molecule has 2 rings (SSSR count). The molecular weight excluding hydrogens is 343 g/mol. The highest BCUT2D eigenvalue weighted by atomic mass is 19.1. The molecule has 5 heteroatoms. The van der Waals surface area contributed by atoms with Crippen LogP contribution in [0.3, 0.4) is 0 Å². The Labute approximate surface area is 160 Å². The number of carbonyl (C=O) groups is 2. The Kier molecular flexibility index (Phi) is 6.72. The van der Waals surface area contributed by atoms with Gasteiger partial charge in [-0.1, -0.05) is 63.2 Å². The zero-order valence-electron chi connectivity index (χ0n) is 16.3. The van der Waals surface area contributed by atoms with E-state index >= 15 is 0 Å². The molecule has 0 saturated heterocycles. The molecule has 2 N–H and O–H groups in total. The van der Waals surface area contributed by atoms with Gasteiger partial charge in [-0.3, -0.25) is 9.59 Å². The summed E-state index contributed by atoms with van der Waals surface area (Å²) in [7, 11) is 0. The number of hydrogen-bond acceptors (Lipinski definition) is 2. The predicted octanol–water partition coefficient (Wildman–Crippen LogP) is 4.30. The Bertz CT molecular complexity index is 784. The van der Waals surface area contributed by atoms with E-state index in [4.69, 9.17) is 0 Å². The van der Waals surface area contributed by atoms with Gasteiger partial charge in [-0.2, -0.15) is 0 Å². The van der Waals surface area contributed by atoms with E-state index in [1.54, 1.807) is 6.07 Å². The van der Waals surface area contributed by atoms with E-state index in [-0.39, 0.29) is 35.5 Å². The van der Waals surface area contributed by atoms with E-state index in [1.165, 1.54) is 19.1 Å². The summed E-state index contributed by atoms with van der Waals surface area (Å²) < 4.78 is 13.7. The highest BCUT2D eigenvalue weighted by molar-refractivity contribution is 5.79. The summed E-state index contributed by atoms with van der Waals surface area (Å²) in [6, 6.07) is 14.9. The van der Waals surface area contributed by atoms with Crippen molar-refractivity contribution in [2.45, 2.75) is 46.2 Å². The van der Waals surface area contributed by atoms with Crippen LogP contribution in [0.15, 0.2) is 54.6 Å². The Balaban J connectivity index is 2.19. The molecule has 4 nitrogen and oxygen atoms in total. The molecule has 0 aliphatic carbocycles. The molecule has 0 bridgehead atoms. The third kappa shape index (κ3) is 6.20. The molecular formula is C22H27FN2O2. The summed E-state index contributed by atoms with van der Waals surface area (Å²) in [6.45, 7) is 7.40. The lowest BCUT2D eigenvalue weighted by Crippen LogP contribution is -2.39. The molecule has 0 fully saturated rings. The van der Waals surface area contributed by atoms with Gasteiger partial charge in [0.2, 0.25) is 11.8 Å². The van der Waals surface area contributed by atoms with E-state index in [1.807, 2.05) is 57.2 Å². The minimum Gasteiger partial charge on any atom is -0.349 e.